The third kappa shape index (κ3) is 13.4. The molecule has 0 aliphatic carbocycles. The number of thiol groups is 1. The molecule has 0 fully saturated rings. The molecule has 0 heterocycles. The van der Waals surface area contributed by atoms with Crippen molar-refractivity contribution in [3.63, 3.8) is 0 Å². The number of carboxylic acid groups (broad SMARTS) is 1. The quantitative estimate of drug-likeness (QED) is 0.0726. The van der Waals surface area contributed by atoms with Crippen LogP contribution in [0, 0.1) is 5.92 Å². The van der Waals surface area contributed by atoms with Crippen LogP contribution in [-0.2, 0) is 30.4 Å². The highest BCUT2D eigenvalue weighted by Crippen LogP contribution is 2.09. The van der Waals surface area contributed by atoms with Crippen molar-refractivity contribution in [2.75, 3.05) is 24.3 Å². The van der Waals surface area contributed by atoms with Crippen molar-refractivity contribution in [1.29, 1.82) is 0 Å². The molecular weight excluding hydrogens is 580 g/mol. The molecule has 1 aromatic rings. The molecule has 12 nitrogen and oxygen atoms in total. The number of rotatable bonds is 20. The molecule has 42 heavy (non-hydrogen) atoms. The summed E-state index contributed by atoms with van der Waals surface area (Å²) in [6, 6.07) is 3.81. The molecule has 0 aliphatic rings. The van der Waals surface area contributed by atoms with Crippen LogP contribution in [0.3, 0.4) is 0 Å². The monoisotopic (exact) mass is 626 g/mol. The molecule has 0 aromatic heterocycles. The second kappa shape index (κ2) is 20.2. The minimum Gasteiger partial charge on any atom is -0.480 e. The smallest absolute Gasteiger partial charge is 0.326 e. The summed E-state index contributed by atoms with van der Waals surface area (Å²) in [5.41, 5.74) is 12.2. The average molecular weight is 627 g/mol. The molecule has 0 saturated carbocycles. The van der Waals surface area contributed by atoms with Gasteiger partial charge in [0.25, 0.3) is 0 Å². The summed E-state index contributed by atoms with van der Waals surface area (Å²) >= 11 is 5.64. The Balaban J connectivity index is 3.04. The first-order valence-electron chi connectivity index (χ1n) is 14.0. The van der Waals surface area contributed by atoms with Gasteiger partial charge >= 0.3 is 5.97 Å². The zero-order valence-corrected chi connectivity index (χ0v) is 26.2. The van der Waals surface area contributed by atoms with Gasteiger partial charge in [0.1, 0.15) is 24.2 Å². The molecular formula is C28H46N6O6S2. The van der Waals surface area contributed by atoms with E-state index in [0.717, 1.165) is 12.0 Å². The normalized spacial score (nSPS) is 14.6. The van der Waals surface area contributed by atoms with Crippen molar-refractivity contribution < 1.29 is 29.1 Å². The number of benzene rings is 1. The van der Waals surface area contributed by atoms with Gasteiger partial charge in [0, 0.05) is 12.2 Å². The van der Waals surface area contributed by atoms with Gasteiger partial charge in [-0.3, -0.25) is 19.2 Å². The van der Waals surface area contributed by atoms with Gasteiger partial charge in [0.05, 0.1) is 6.04 Å². The lowest BCUT2D eigenvalue weighted by molar-refractivity contribution is -0.142. The number of hydrogen-bond acceptors (Lipinski definition) is 9. The molecule has 236 valence electrons. The van der Waals surface area contributed by atoms with Crippen LogP contribution in [0.25, 0.3) is 0 Å². The van der Waals surface area contributed by atoms with Crippen LogP contribution in [0.1, 0.15) is 45.1 Å². The Kier molecular flexibility index (Phi) is 17.9. The van der Waals surface area contributed by atoms with Crippen molar-refractivity contribution in [1.82, 2.24) is 21.3 Å². The van der Waals surface area contributed by atoms with E-state index >= 15 is 0 Å². The van der Waals surface area contributed by atoms with E-state index in [-0.39, 0.29) is 18.6 Å². The number of carbonyl (C=O) groups excluding carboxylic acids is 4. The highest BCUT2D eigenvalue weighted by atomic mass is 32.2. The molecule has 4 amide bonds. The van der Waals surface area contributed by atoms with Gasteiger partial charge in [0.2, 0.25) is 23.6 Å². The van der Waals surface area contributed by atoms with E-state index in [0.29, 0.717) is 25.1 Å². The lowest BCUT2D eigenvalue weighted by Gasteiger charge is -2.28. The molecule has 0 unspecified atom stereocenters. The molecule has 5 atom stereocenters. The molecule has 9 N–H and O–H groups in total. The van der Waals surface area contributed by atoms with Crippen LogP contribution >= 0.6 is 24.4 Å². The second-order valence-corrected chi connectivity index (χ2v) is 11.6. The fourth-order valence-electron chi connectivity index (χ4n) is 3.99. The Labute approximate surface area is 257 Å². The van der Waals surface area contributed by atoms with Crippen LogP contribution in [-0.4, -0.2) is 89.2 Å². The maximum atomic E-state index is 13.4. The van der Waals surface area contributed by atoms with Crippen LogP contribution in [0.2, 0.25) is 0 Å². The average Bonchev–Trinajstić information content (AvgIpc) is 2.96. The molecule has 0 aliphatic heterocycles. The first kappa shape index (κ1) is 37.2. The SMILES string of the molecule is CSCC[C@H](NC(=O)[C@H](Cc1ccccc1)NC(=O)[C@@H](NC(=O)[C@H](CS)NC(=O)[C@@H](N)CCCCN)C(C)C)C(=O)O. The highest BCUT2D eigenvalue weighted by molar-refractivity contribution is 7.98. The second-order valence-electron chi connectivity index (χ2n) is 10.3. The topological polar surface area (TPSA) is 206 Å². The van der Waals surface area contributed by atoms with E-state index in [1.807, 2.05) is 12.3 Å². The molecule has 14 heteroatoms. The van der Waals surface area contributed by atoms with Crippen LogP contribution < -0.4 is 32.7 Å². The summed E-state index contributed by atoms with van der Waals surface area (Å²) in [4.78, 5) is 64.0. The number of unbranched alkanes of at least 4 members (excludes halogenated alkanes) is 1. The highest BCUT2D eigenvalue weighted by Gasteiger charge is 2.33. The zero-order valence-electron chi connectivity index (χ0n) is 24.5. The van der Waals surface area contributed by atoms with Crippen molar-refractivity contribution in [3.8, 4) is 0 Å². The number of carbonyl (C=O) groups is 5. The number of aliphatic carboxylic acids is 1. The summed E-state index contributed by atoms with van der Waals surface area (Å²) in [5.74, 6) is -3.51. The van der Waals surface area contributed by atoms with Gasteiger partial charge in [0.15, 0.2) is 0 Å². The zero-order chi connectivity index (χ0) is 31.7. The number of carboxylic acids is 1. The van der Waals surface area contributed by atoms with Crippen molar-refractivity contribution in [2.45, 2.75) is 76.2 Å². The predicted molar refractivity (Wildman–Crippen MR) is 168 cm³/mol. The number of nitrogens with two attached hydrogens (primary N) is 2. The number of amides is 4. The molecule has 1 rings (SSSR count). The summed E-state index contributed by atoms with van der Waals surface area (Å²) in [6.45, 7) is 3.93. The lowest BCUT2D eigenvalue weighted by Crippen LogP contribution is -2.60. The minimum absolute atomic E-state index is 0.0365. The number of hydrogen-bond donors (Lipinski definition) is 8. The molecule has 0 spiro atoms. The van der Waals surface area contributed by atoms with Gasteiger partial charge in [-0.25, -0.2) is 4.79 Å². The van der Waals surface area contributed by atoms with Crippen LogP contribution in [0.15, 0.2) is 30.3 Å². The fraction of sp³-hybridized carbons (Fsp3) is 0.607. The molecule has 0 bridgehead atoms. The molecule has 0 saturated heterocycles. The Bertz CT molecular complexity index is 1020. The van der Waals surface area contributed by atoms with Gasteiger partial charge in [-0.15, -0.1) is 0 Å². The fourth-order valence-corrected chi connectivity index (χ4v) is 4.72. The summed E-state index contributed by atoms with van der Waals surface area (Å²) in [6.07, 6.45) is 3.95. The first-order valence-corrected chi connectivity index (χ1v) is 16.0. The van der Waals surface area contributed by atoms with E-state index in [1.54, 1.807) is 38.1 Å². The maximum absolute atomic E-state index is 13.4. The summed E-state index contributed by atoms with van der Waals surface area (Å²) in [7, 11) is 0. The van der Waals surface area contributed by atoms with Crippen LogP contribution in [0.4, 0.5) is 0 Å². The van der Waals surface area contributed by atoms with E-state index in [4.69, 9.17) is 11.5 Å². The van der Waals surface area contributed by atoms with Gasteiger partial charge in [-0.1, -0.05) is 50.6 Å². The van der Waals surface area contributed by atoms with Gasteiger partial charge in [-0.05, 0) is 49.3 Å². The van der Waals surface area contributed by atoms with Gasteiger partial charge in [-0.2, -0.15) is 24.4 Å². The lowest BCUT2D eigenvalue weighted by atomic mass is 10.00. The van der Waals surface area contributed by atoms with E-state index < -0.39 is 65.7 Å². The summed E-state index contributed by atoms with van der Waals surface area (Å²) in [5, 5.41) is 20.0. The van der Waals surface area contributed by atoms with Crippen molar-refractivity contribution in [3.05, 3.63) is 35.9 Å². The van der Waals surface area contributed by atoms with Crippen molar-refractivity contribution in [2.24, 2.45) is 17.4 Å². The third-order valence-electron chi connectivity index (χ3n) is 6.51. The predicted octanol–water partition coefficient (Wildman–Crippen LogP) is 0.0481. The first-order chi connectivity index (χ1) is 19.9. The number of nitrogens with one attached hydrogen (secondary N) is 4. The van der Waals surface area contributed by atoms with E-state index in [1.165, 1.54) is 11.8 Å². The van der Waals surface area contributed by atoms with Crippen LogP contribution in [0.5, 0.6) is 0 Å². The molecule has 0 radical (unpaired) electrons. The standard InChI is InChI=1S/C28H46N6O6S2/c1-17(2)23(34-26(37)22(16-41)33-24(35)19(30)11-7-8-13-29)27(38)32-21(15-18-9-5-4-6-10-18)25(36)31-20(28(39)40)12-14-42-3/h4-6,9-10,17,19-23,41H,7-8,11-16,29-30H2,1-3H3,(H,31,36)(H,32,38)(H,33,35)(H,34,37)(H,39,40)/t19-,20-,21-,22-,23-/m0/s1. The maximum Gasteiger partial charge on any atom is 0.326 e. The molecule has 1 aromatic carbocycles. The Hall–Kier alpha value is -2.81. The number of thioether (sulfide) groups is 1. The minimum atomic E-state index is -1.17. The van der Waals surface area contributed by atoms with E-state index in [9.17, 15) is 29.1 Å². The summed E-state index contributed by atoms with van der Waals surface area (Å²) < 4.78 is 0. The largest absolute Gasteiger partial charge is 0.480 e. The third-order valence-corrected chi connectivity index (χ3v) is 7.52. The van der Waals surface area contributed by atoms with E-state index in [2.05, 4.69) is 33.9 Å². The Morgan fingerprint density at radius 1 is 0.857 bits per heavy atom. The Morgan fingerprint density at radius 2 is 1.45 bits per heavy atom. The van der Waals surface area contributed by atoms with Crippen molar-refractivity contribution >= 4 is 54.0 Å². The Morgan fingerprint density at radius 3 is 2.00 bits per heavy atom. The van der Waals surface area contributed by atoms with Gasteiger partial charge < -0.3 is 37.8 Å².